The van der Waals surface area contributed by atoms with Gasteiger partial charge in [-0.3, -0.25) is 14.9 Å². The molecule has 3 aromatic rings. The minimum atomic E-state index is -0.458. The first kappa shape index (κ1) is 19.3. The summed E-state index contributed by atoms with van der Waals surface area (Å²) in [6, 6.07) is 15.0. The molecular weight excluding hydrogens is 378 g/mol. The highest BCUT2D eigenvalue weighted by Crippen LogP contribution is 2.24. The van der Waals surface area contributed by atoms with Gasteiger partial charge in [-0.15, -0.1) is 11.3 Å². The number of nitro groups is 1. The second-order valence-electron chi connectivity index (χ2n) is 5.79. The standard InChI is InChI=1S/C21H17NO5S/c1-26-20-11-5-15(4-10-19(23)21-3-2-12-28-21)13-16(20)14-27-18-8-6-17(7-9-18)22(24)25/h2-13H,14H2,1H3/b10-4+. The highest BCUT2D eigenvalue weighted by atomic mass is 32.1. The van der Waals surface area contributed by atoms with E-state index in [9.17, 15) is 14.9 Å². The summed E-state index contributed by atoms with van der Waals surface area (Å²) in [5.41, 5.74) is 1.65. The molecule has 0 saturated carbocycles. The SMILES string of the molecule is COc1ccc(/C=C/C(=O)c2cccs2)cc1COc1ccc([N+](=O)[O-])cc1. The predicted octanol–water partition coefficient (Wildman–Crippen LogP) is 5.14. The van der Waals surface area contributed by atoms with Crippen molar-refractivity contribution in [2.45, 2.75) is 6.61 Å². The number of ketones is 1. The van der Waals surface area contributed by atoms with E-state index in [0.717, 1.165) is 11.1 Å². The molecule has 1 heterocycles. The largest absolute Gasteiger partial charge is 0.496 e. The fourth-order valence-electron chi connectivity index (χ4n) is 2.51. The molecule has 0 aliphatic carbocycles. The normalized spacial score (nSPS) is 10.8. The van der Waals surface area contributed by atoms with E-state index in [-0.39, 0.29) is 18.1 Å². The molecule has 3 rings (SSSR count). The van der Waals surface area contributed by atoms with E-state index in [0.29, 0.717) is 16.4 Å². The van der Waals surface area contributed by atoms with E-state index in [1.165, 1.54) is 29.5 Å². The molecule has 0 N–H and O–H groups in total. The van der Waals surface area contributed by atoms with Gasteiger partial charge >= 0.3 is 0 Å². The lowest BCUT2D eigenvalue weighted by molar-refractivity contribution is -0.384. The smallest absolute Gasteiger partial charge is 0.269 e. The Bertz CT molecular complexity index is 994. The number of hydrogen-bond donors (Lipinski definition) is 0. The summed E-state index contributed by atoms with van der Waals surface area (Å²) >= 11 is 1.40. The average Bonchev–Trinajstić information content (AvgIpc) is 3.26. The van der Waals surface area contributed by atoms with Gasteiger partial charge in [0.2, 0.25) is 0 Å². The molecule has 0 radical (unpaired) electrons. The molecule has 0 saturated heterocycles. The Morgan fingerprint density at radius 3 is 2.61 bits per heavy atom. The van der Waals surface area contributed by atoms with Crippen molar-refractivity contribution in [3.05, 3.63) is 92.2 Å². The Labute approximate surface area is 165 Å². The molecule has 7 heteroatoms. The molecule has 0 unspecified atom stereocenters. The van der Waals surface area contributed by atoms with Crippen LogP contribution in [-0.4, -0.2) is 17.8 Å². The van der Waals surface area contributed by atoms with Crippen molar-refractivity contribution in [1.29, 1.82) is 0 Å². The zero-order chi connectivity index (χ0) is 19.9. The molecule has 142 valence electrons. The van der Waals surface area contributed by atoms with Crippen LogP contribution in [0.4, 0.5) is 5.69 Å². The van der Waals surface area contributed by atoms with Crippen LogP contribution in [0.25, 0.3) is 6.08 Å². The Hall–Kier alpha value is -3.45. The number of nitrogens with zero attached hydrogens (tertiary/aromatic N) is 1. The van der Waals surface area contributed by atoms with E-state index in [1.54, 1.807) is 31.4 Å². The lowest BCUT2D eigenvalue weighted by atomic mass is 10.1. The number of carbonyl (C=O) groups is 1. The number of benzene rings is 2. The summed E-state index contributed by atoms with van der Waals surface area (Å²) in [6.45, 7) is 0.224. The number of carbonyl (C=O) groups excluding carboxylic acids is 1. The zero-order valence-corrected chi connectivity index (χ0v) is 15.8. The molecule has 0 aliphatic heterocycles. The number of methoxy groups -OCH3 is 1. The molecule has 0 bridgehead atoms. The topological polar surface area (TPSA) is 78.7 Å². The number of thiophene rings is 1. The van der Waals surface area contributed by atoms with Gasteiger partial charge in [-0.1, -0.05) is 18.2 Å². The van der Waals surface area contributed by atoms with Crippen LogP contribution >= 0.6 is 11.3 Å². The highest BCUT2D eigenvalue weighted by molar-refractivity contribution is 7.12. The summed E-state index contributed by atoms with van der Waals surface area (Å²) in [4.78, 5) is 23.0. The maximum Gasteiger partial charge on any atom is 0.269 e. The minimum Gasteiger partial charge on any atom is -0.496 e. The molecule has 6 nitrogen and oxygen atoms in total. The minimum absolute atomic E-state index is 0.00692. The fourth-order valence-corrected chi connectivity index (χ4v) is 3.16. The molecule has 0 spiro atoms. The quantitative estimate of drug-likeness (QED) is 0.228. The van der Waals surface area contributed by atoms with Crippen molar-refractivity contribution >= 4 is 28.9 Å². The number of nitro benzene ring substituents is 1. The summed E-state index contributed by atoms with van der Waals surface area (Å²) in [7, 11) is 1.57. The van der Waals surface area contributed by atoms with Crippen molar-refractivity contribution in [3.8, 4) is 11.5 Å². The summed E-state index contributed by atoms with van der Waals surface area (Å²) in [5.74, 6) is 1.12. The van der Waals surface area contributed by atoms with Crippen molar-refractivity contribution in [2.24, 2.45) is 0 Å². The predicted molar refractivity (Wildman–Crippen MR) is 108 cm³/mol. The van der Waals surface area contributed by atoms with Crippen LogP contribution in [-0.2, 0) is 6.61 Å². The van der Waals surface area contributed by atoms with Gasteiger partial charge in [0.1, 0.15) is 18.1 Å². The molecule has 0 aliphatic rings. The third-order valence-electron chi connectivity index (χ3n) is 3.94. The number of hydrogen-bond acceptors (Lipinski definition) is 6. The van der Waals surface area contributed by atoms with Crippen molar-refractivity contribution in [1.82, 2.24) is 0 Å². The zero-order valence-electron chi connectivity index (χ0n) is 15.0. The van der Waals surface area contributed by atoms with Gasteiger partial charge in [0.25, 0.3) is 5.69 Å². The Morgan fingerprint density at radius 2 is 1.96 bits per heavy atom. The van der Waals surface area contributed by atoms with Gasteiger partial charge in [-0.25, -0.2) is 0 Å². The van der Waals surface area contributed by atoms with Gasteiger partial charge in [-0.05, 0) is 47.4 Å². The average molecular weight is 395 g/mol. The van der Waals surface area contributed by atoms with Crippen molar-refractivity contribution < 1.29 is 19.2 Å². The van der Waals surface area contributed by atoms with Gasteiger partial charge in [0.15, 0.2) is 5.78 Å². The van der Waals surface area contributed by atoms with Crippen LogP contribution in [0.1, 0.15) is 20.8 Å². The molecular formula is C21H17NO5S. The van der Waals surface area contributed by atoms with Crippen LogP contribution < -0.4 is 9.47 Å². The first-order valence-corrected chi connectivity index (χ1v) is 9.25. The highest BCUT2D eigenvalue weighted by Gasteiger charge is 2.08. The van der Waals surface area contributed by atoms with E-state index < -0.39 is 4.92 Å². The van der Waals surface area contributed by atoms with Crippen LogP contribution in [0, 0.1) is 10.1 Å². The lowest BCUT2D eigenvalue weighted by Crippen LogP contribution is -1.99. The van der Waals surface area contributed by atoms with Gasteiger partial charge in [0.05, 0.1) is 16.9 Å². The number of rotatable bonds is 8. The Balaban J connectivity index is 1.72. The molecule has 0 fully saturated rings. The van der Waals surface area contributed by atoms with Gasteiger partial charge in [0, 0.05) is 17.7 Å². The van der Waals surface area contributed by atoms with E-state index in [1.807, 2.05) is 29.6 Å². The first-order chi connectivity index (χ1) is 13.6. The molecule has 28 heavy (non-hydrogen) atoms. The second-order valence-corrected chi connectivity index (χ2v) is 6.73. The maximum absolute atomic E-state index is 12.1. The van der Waals surface area contributed by atoms with E-state index >= 15 is 0 Å². The summed E-state index contributed by atoms with van der Waals surface area (Å²) in [6.07, 6.45) is 3.28. The van der Waals surface area contributed by atoms with E-state index in [2.05, 4.69) is 0 Å². The Morgan fingerprint density at radius 1 is 1.18 bits per heavy atom. The maximum atomic E-state index is 12.1. The van der Waals surface area contributed by atoms with Crippen LogP contribution in [0.5, 0.6) is 11.5 Å². The fraction of sp³-hybridized carbons (Fsp3) is 0.0952. The number of ether oxygens (including phenoxy) is 2. The van der Waals surface area contributed by atoms with Crippen molar-refractivity contribution in [2.75, 3.05) is 7.11 Å². The van der Waals surface area contributed by atoms with Crippen LogP contribution in [0.15, 0.2) is 66.1 Å². The van der Waals surface area contributed by atoms with E-state index in [4.69, 9.17) is 9.47 Å². The number of non-ortho nitro benzene ring substituents is 1. The summed E-state index contributed by atoms with van der Waals surface area (Å²) in [5, 5.41) is 12.6. The van der Waals surface area contributed by atoms with Crippen LogP contribution in [0.3, 0.4) is 0 Å². The molecule has 1 aromatic heterocycles. The first-order valence-electron chi connectivity index (χ1n) is 8.37. The molecule has 0 amide bonds. The molecule has 2 aromatic carbocycles. The lowest BCUT2D eigenvalue weighted by Gasteiger charge is -2.11. The van der Waals surface area contributed by atoms with Crippen LogP contribution in [0.2, 0.25) is 0 Å². The summed E-state index contributed by atoms with van der Waals surface area (Å²) < 4.78 is 11.1. The molecule has 0 atom stereocenters. The third-order valence-corrected chi connectivity index (χ3v) is 4.82. The number of allylic oxidation sites excluding steroid dienone is 1. The second kappa shape index (κ2) is 8.96. The monoisotopic (exact) mass is 395 g/mol. The van der Waals surface area contributed by atoms with Gasteiger partial charge < -0.3 is 9.47 Å². The Kier molecular flexibility index (Phi) is 6.18. The van der Waals surface area contributed by atoms with Crippen molar-refractivity contribution in [3.63, 3.8) is 0 Å². The third kappa shape index (κ3) is 4.83. The van der Waals surface area contributed by atoms with Gasteiger partial charge in [-0.2, -0.15) is 0 Å².